The molecule has 3 heterocycles. The van der Waals surface area contributed by atoms with Crippen LogP contribution in [-0.2, 0) is 16.1 Å². The zero-order valence-corrected chi connectivity index (χ0v) is 18.2. The lowest BCUT2D eigenvalue weighted by molar-refractivity contribution is -0.119. The smallest absolute Gasteiger partial charge is 0.254 e. The van der Waals surface area contributed by atoms with Crippen molar-refractivity contribution in [2.75, 3.05) is 26.3 Å². The molecule has 0 saturated heterocycles. The first-order valence-corrected chi connectivity index (χ1v) is 10.8. The van der Waals surface area contributed by atoms with Crippen LogP contribution in [0.3, 0.4) is 0 Å². The molecule has 5 rings (SSSR count). The molecule has 0 unspecified atom stereocenters. The van der Waals surface area contributed by atoms with Gasteiger partial charge in [0.25, 0.3) is 5.91 Å². The van der Waals surface area contributed by atoms with Crippen molar-refractivity contribution in [1.82, 2.24) is 15.1 Å². The maximum absolute atomic E-state index is 13.6. The van der Waals surface area contributed by atoms with Crippen LogP contribution < -0.4 is 14.8 Å². The average molecular weight is 452 g/mol. The number of nitrogens with one attached hydrogen (secondary N) is 1. The standard InChI is InChI=1S/C22H20N4O5S/c1-26-19(12-7-8-15-16(9-12)31-11-30-15)18(13-5-3-4-6-14(13)21(26)28)20(27)23-22-25-24-17(32-22)10-29-2/h3-9,18-19H,10-11H2,1-2H3,(H,23,25,27)/t18-,19+/m0/s1. The first kappa shape index (κ1) is 20.4. The van der Waals surface area contributed by atoms with Gasteiger partial charge in [-0.2, -0.15) is 0 Å². The monoisotopic (exact) mass is 452 g/mol. The fourth-order valence-corrected chi connectivity index (χ4v) is 4.85. The van der Waals surface area contributed by atoms with Gasteiger partial charge in [-0.3, -0.25) is 14.9 Å². The SMILES string of the molecule is COCc1nnc(NC(=O)[C@H]2c3ccccc3C(=O)N(C)[C@@H]2c2ccc3c(c2)OCO3)s1. The maximum atomic E-state index is 13.6. The van der Waals surface area contributed by atoms with Gasteiger partial charge in [0.2, 0.25) is 17.8 Å². The zero-order chi connectivity index (χ0) is 22.2. The number of amides is 2. The number of hydrogen-bond acceptors (Lipinski definition) is 8. The van der Waals surface area contributed by atoms with E-state index in [4.69, 9.17) is 14.2 Å². The third kappa shape index (κ3) is 3.47. The molecule has 2 aliphatic rings. The van der Waals surface area contributed by atoms with Gasteiger partial charge < -0.3 is 19.1 Å². The van der Waals surface area contributed by atoms with E-state index in [-0.39, 0.29) is 18.6 Å². The van der Waals surface area contributed by atoms with Crippen molar-refractivity contribution in [2.45, 2.75) is 18.6 Å². The minimum absolute atomic E-state index is 0.145. The van der Waals surface area contributed by atoms with Crippen molar-refractivity contribution in [2.24, 2.45) is 0 Å². The Morgan fingerprint density at radius 3 is 2.88 bits per heavy atom. The molecule has 2 aliphatic heterocycles. The van der Waals surface area contributed by atoms with Gasteiger partial charge in [-0.15, -0.1) is 10.2 Å². The molecule has 9 nitrogen and oxygen atoms in total. The number of carbonyl (C=O) groups is 2. The Kier molecular flexibility index (Phi) is 5.24. The van der Waals surface area contributed by atoms with Gasteiger partial charge in [0.1, 0.15) is 11.6 Å². The van der Waals surface area contributed by atoms with Crippen LogP contribution in [-0.4, -0.2) is 47.9 Å². The Bertz CT molecular complexity index is 1200. The lowest BCUT2D eigenvalue weighted by Gasteiger charge is -2.39. The summed E-state index contributed by atoms with van der Waals surface area (Å²) >= 11 is 1.25. The second-order valence-corrected chi connectivity index (χ2v) is 8.52. The van der Waals surface area contributed by atoms with Crippen LogP contribution in [0.1, 0.15) is 38.5 Å². The molecule has 164 valence electrons. The van der Waals surface area contributed by atoms with E-state index in [9.17, 15) is 9.59 Å². The highest BCUT2D eigenvalue weighted by atomic mass is 32.1. The third-order valence-corrected chi connectivity index (χ3v) is 6.38. The summed E-state index contributed by atoms with van der Waals surface area (Å²) in [5, 5.41) is 12.0. The number of rotatable bonds is 5. The number of aromatic nitrogens is 2. The number of ether oxygens (including phenoxy) is 3. The van der Waals surface area contributed by atoms with Gasteiger partial charge in [-0.25, -0.2) is 0 Å². The summed E-state index contributed by atoms with van der Waals surface area (Å²) in [5.41, 5.74) is 1.94. The molecule has 2 amide bonds. The summed E-state index contributed by atoms with van der Waals surface area (Å²) in [6, 6.07) is 12.1. The Morgan fingerprint density at radius 2 is 2.03 bits per heavy atom. The molecule has 0 saturated carbocycles. The molecule has 1 N–H and O–H groups in total. The van der Waals surface area contributed by atoms with Crippen LogP contribution in [0.15, 0.2) is 42.5 Å². The number of likely N-dealkylation sites (N-methyl/N-ethyl adjacent to an activating group) is 1. The highest BCUT2D eigenvalue weighted by Crippen LogP contribution is 2.45. The van der Waals surface area contributed by atoms with Crippen LogP contribution in [0.25, 0.3) is 0 Å². The van der Waals surface area contributed by atoms with Crippen LogP contribution in [0.5, 0.6) is 11.5 Å². The number of fused-ring (bicyclic) bond motifs is 2. The fourth-order valence-electron chi connectivity index (χ4n) is 4.14. The molecule has 1 aromatic heterocycles. The quantitative estimate of drug-likeness (QED) is 0.635. The van der Waals surface area contributed by atoms with E-state index in [1.807, 2.05) is 24.3 Å². The zero-order valence-electron chi connectivity index (χ0n) is 17.4. The van der Waals surface area contributed by atoms with Gasteiger partial charge in [0, 0.05) is 19.7 Å². The second-order valence-electron chi connectivity index (χ2n) is 7.46. The van der Waals surface area contributed by atoms with Gasteiger partial charge in [-0.1, -0.05) is 35.6 Å². The summed E-state index contributed by atoms with van der Waals surface area (Å²) < 4.78 is 16.0. The molecule has 0 bridgehead atoms. The van der Waals surface area contributed by atoms with Gasteiger partial charge in [0.05, 0.1) is 12.0 Å². The molecular formula is C22H20N4O5S. The molecule has 32 heavy (non-hydrogen) atoms. The van der Waals surface area contributed by atoms with Crippen molar-refractivity contribution in [3.63, 3.8) is 0 Å². The lowest BCUT2D eigenvalue weighted by atomic mass is 9.79. The van der Waals surface area contributed by atoms with E-state index < -0.39 is 12.0 Å². The Morgan fingerprint density at radius 1 is 1.22 bits per heavy atom. The van der Waals surface area contributed by atoms with Crippen molar-refractivity contribution in [1.29, 1.82) is 0 Å². The highest BCUT2D eigenvalue weighted by molar-refractivity contribution is 7.15. The summed E-state index contributed by atoms with van der Waals surface area (Å²) in [6.45, 7) is 0.461. The Hall–Kier alpha value is -3.50. The minimum atomic E-state index is -0.663. The molecule has 2 aromatic carbocycles. The number of carbonyl (C=O) groups excluding carboxylic acids is 2. The number of methoxy groups -OCH3 is 1. The molecular weight excluding hydrogens is 432 g/mol. The second kappa shape index (κ2) is 8.21. The van der Waals surface area contributed by atoms with Crippen molar-refractivity contribution >= 4 is 28.3 Å². The molecule has 10 heteroatoms. The molecule has 0 fully saturated rings. The van der Waals surface area contributed by atoms with Crippen molar-refractivity contribution < 1.29 is 23.8 Å². The summed E-state index contributed by atoms with van der Waals surface area (Å²) in [7, 11) is 3.27. The van der Waals surface area contributed by atoms with E-state index in [0.29, 0.717) is 39.4 Å². The first-order valence-electron chi connectivity index (χ1n) is 9.94. The predicted octanol–water partition coefficient (Wildman–Crippen LogP) is 2.96. The number of nitrogens with zero attached hydrogens (tertiary/aromatic N) is 3. The third-order valence-electron chi connectivity index (χ3n) is 5.57. The summed E-state index contributed by atoms with van der Waals surface area (Å²) in [5.74, 6) is 0.142. The molecule has 3 aromatic rings. The van der Waals surface area contributed by atoms with E-state index in [1.165, 1.54) is 11.3 Å². The number of benzene rings is 2. The van der Waals surface area contributed by atoms with Crippen molar-refractivity contribution in [3.8, 4) is 11.5 Å². The van der Waals surface area contributed by atoms with E-state index in [0.717, 1.165) is 5.56 Å². The molecule has 0 spiro atoms. The summed E-state index contributed by atoms with van der Waals surface area (Å²) in [4.78, 5) is 28.3. The van der Waals surface area contributed by atoms with E-state index >= 15 is 0 Å². The van der Waals surface area contributed by atoms with Crippen LogP contribution in [0.2, 0.25) is 0 Å². The minimum Gasteiger partial charge on any atom is -0.454 e. The van der Waals surface area contributed by atoms with E-state index in [1.54, 1.807) is 37.3 Å². The van der Waals surface area contributed by atoms with Crippen LogP contribution in [0.4, 0.5) is 5.13 Å². The highest BCUT2D eigenvalue weighted by Gasteiger charge is 2.43. The Labute approximate surface area is 187 Å². The van der Waals surface area contributed by atoms with Crippen molar-refractivity contribution in [3.05, 3.63) is 64.2 Å². The van der Waals surface area contributed by atoms with Crippen LogP contribution in [0, 0.1) is 0 Å². The summed E-state index contributed by atoms with van der Waals surface area (Å²) in [6.07, 6.45) is 0. The fraction of sp³-hybridized carbons (Fsp3) is 0.273. The number of hydrogen-bond donors (Lipinski definition) is 1. The Balaban J connectivity index is 1.55. The molecule has 0 aliphatic carbocycles. The number of anilines is 1. The van der Waals surface area contributed by atoms with Gasteiger partial charge in [0.15, 0.2) is 11.5 Å². The largest absolute Gasteiger partial charge is 0.454 e. The van der Waals surface area contributed by atoms with Gasteiger partial charge in [-0.05, 0) is 29.3 Å². The first-order chi connectivity index (χ1) is 15.6. The molecule has 2 atom stereocenters. The lowest BCUT2D eigenvalue weighted by Crippen LogP contribution is -2.44. The molecule has 0 radical (unpaired) electrons. The van der Waals surface area contributed by atoms with Crippen LogP contribution >= 0.6 is 11.3 Å². The maximum Gasteiger partial charge on any atom is 0.254 e. The average Bonchev–Trinajstić information content (AvgIpc) is 3.45. The topological polar surface area (TPSA) is 103 Å². The predicted molar refractivity (Wildman–Crippen MR) is 116 cm³/mol. The van der Waals surface area contributed by atoms with E-state index in [2.05, 4.69) is 15.5 Å². The van der Waals surface area contributed by atoms with Gasteiger partial charge >= 0.3 is 0 Å². The normalized spacial score (nSPS) is 19.1.